The summed E-state index contributed by atoms with van der Waals surface area (Å²) < 4.78 is 5.61. The number of H-pyrrole nitrogens is 2. The van der Waals surface area contributed by atoms with E-state index in [0.29, 0.717) is 6.54 Å². The van der Waals surface area contributed by atoms with Gasteiger partial charge in [0.1, 0.15) is 17.2 Å². The number of carbonyl (C=O) groups excluding carboxylic acids is 1. The lowest BCUT2D eigenvalue weighted by molar-refractivity contribution is 0.0219. The zero-order chi connectivity index (χ0) is 26.4. The summed E-state index contributed by atoms with van der Waals surface area (Å²) in [6.45, 7) is 7.21. The topological polar surface area (TPSA) is 90.1 Å². The number of nitrogens with zero attached hydrogens (tertiary/aromatic N) is 4. The highest BCUT2D eigenvalue weighted by Gasteiger charge is 2.35. The average molecular weight is 506 g/mol. The maximum atomic E-state index is 12.7. The van der Waals surface area contributed by atoms with Crippen molar-refractivity contribution < 1.29 is 9.53 Å². The van der Waals surface area contributed by atoms with E-state index in [-0.39, 0.29) is 18.2 Å². The van der Waals surface area contributed by atoms with Gasteiger partial charge in [0.25, 0.3) is 0 Å². The maximum absolute atomic E-state index is 12.7. The molecule has 2 aromatic heterocycles. The number of fused-ring (bicyclic) bond motifs is 2. The first-order valence-corrected chi connectivity index (χ1v) is 13.3. The lowest BCUT2D eigenvalue weighted by atomic mass is 10.1. The van der Waals surface area contributed by atoms with Crippen molar-refractivity contribution >= 4 is 36.1 Å². The van der Waals surface area contributed by atoms with Crippen molar-refractivity contribution in [1.29, 1.82) is 0 Å². The van der Waals surface area contributed by atoms with Crippen LogP contribution in [0.3, 0.4) is 0 Å². The van der Waals surface area contributed by atoms with Gasteiger partial charge in [-0.25, -0.2) is 14.8 Å². The lowest BCUT2D eigenvalue weighted by Gasteiger charge is -2.27. The van der Waals surface area contributed by atoms with Gasteiger partial charge in [-0.2, -0.15) is 0 Å². The average Bonchev–Trinajstić information content (AvgIpc) is 3.65. The molecule has 0 aliphatic carbocycles. The molecule has 4 heterocycles. The Labute approximate surface area is 223 Å². The fourth-order valence-electron chi connectivity index (χ4n) is 5.35. The van der Waals surface area contributed by atoms with E-state index in [2.05, 4.69) is 21.8 Å². The molecular weight excluding hydrogens is 475 g/mol. The van der Waals surface area contributed by atoms with Crippen LogP contribution in [-0.2, 0) is 4.74 Å². The van der Waals surface area contributed by atoms with E-state index in [1.807, 2.05) is 62.0 Å². The van der Waals surface area contributed by atoms with Crippen LogP contribution in [0.1, 0.15) is 81.3 Å². The minimum Gasteiger partial charge on any atom is -0.444 e. The Hall–Kier alpha value is -3.77. The fourth-order valence-corrected chi connectivity index (χ4v) is 5.35. The molecule has 0 saturated carbocycles. The molecule has 192 valence electrons. The van der Waals surface area contributed by atoms with Crippen LogP contribution in [0.2, 0.25) is 0 Å². The summed E-state index contributed by atoms with van der Waals surface area (Å²) in [6.07, 6.45) is 3.58. The molecule has 2 aliphatic rings. The predicted octanol–water partition coefficient (Wildman–Crippen LogP) is 5.13. The number of aromatic nitrogens is 4. The number of hydrogen-bond acceptors (Lipinski definition) is 5. The molecule has 1 amide bonds. The number of likely N-dealkylation sites (tertiary alicyclic amines) is 1. The Balaban J connectivity index is 1.21. The molecule has 0 spiro atoms. The van der Waals surface area contributed by atoms with Crippen LogP contribution in [0.5, 0.6) is 0 Å². The molecule has 9 heteroatoms. The van der Waals surface area contributed by atoms with Crippen LogP contribution >= 0.6 is 0 Å². The van der Waals surface area contributed by atoms with E-state index in [1.165, 1.54) is 0 Å². The Morgan fingerprint density at radius 3 is 2.03 bits per heavy atom. The highest BCUT2D eigenvalue weighted by atomic mass is 16.6. The number of carbonyl (C=O) groups is 1. The molecule has 2 atom stereocenters. The standard InChI is InChI=1S/C29H31BN6O2/c1-29(2,3)38-28(37)35-14-4-6-24(35)26-31-20-12-10-18(16-22(20)33-26)8-9-19-11-13-21-23(17-19)34-27(32-21)25-7-5-15-36(25)30/h10-13,16-17,24-25H,4-7,14-15H2,1-3H3,(H,31,33)(H,32,34)/t24-,25-/m0/s1. The van der Waals surface area contributed by atoms with Gasteiger partial charge in [0.15, 0.2) is 7.98 Å². The van der Waals surface area contributed by atoms with Crippen molar-refractivity contribution in [3.05, 3.63) is 59.2 Å². The van der Waals surface area contributed by atoms with Gasteiger partial charge in [0.05, 0.1) is 34.2 Å². The summed E-state index contributed by atoms with van der Waals surface area (Å²) in [5, 5.41) is 0. The van der Waals surface area contributed by atoms with Crippen molar-refractivity contribution in [3.63, 3.8) is 0 Å². The Morgan fingerprint density at radius 2 is 1.47 bits per heavy atom. The second kappa shape index (κ2) is 9.52. The van der Waals surface area contributed by atoms with E-state index in [0.717, 1.165) is 77.1 Å². The predicted molar refractivity (Wildman–Crippen MR) is 148 cm³/mol. The fraction of sp³-hybridized carbons (Fsp3) is 0.414. The highest BCUT2D eigenvalue weighted by Crippen LogP contribution is 2.33. The van der Waals surface area contributed by atoms with E-state index < -0.39 is 5.60 Å². The summed E-state index contributed by atoms with van der Waals surface area (Å²) in [7, 11) is 6.11. The number of ether oxygens (including phenoxy) is 1. The van der Waals surface area contributed by atoms with Crippen LogP contribution < -0.4 is 0 Å². The highest BCUT2D eigenvalue weighted by molar-refractivity contribution is 6.04. The summed E-state index contributed by atoms with van der Waals surface area (Å²) >= 11 is 0. The van der Waals surface area contributed by atoms with Crippen molar-refractivity contribution in [3.8, 4) is 11.8 Å². The molecule has 0 unspecified atom stereocenters. The van der Waals surface area contributed by atoms with Gasteiger partial charge in [0.2, 0.25) is 0 Å². The molecule has 38 heavy (non-hydrogen) atoms. The minimum atomic E-state index is -0.530. The SMILES string of the molecule is [B]N1CCC[C@H]1c1nc2ccc(C#Cc3ccc4nc([C@@H]5CCCN5C(=O)OC(C)(C)C)[nH]c4c3)cc2[nH]1. The van der Waals surface area contributed by atoms with Gasteiger partial charge in [0, 0.05) is 17.7 Å². The zero-order valence-electron chi connectivity index (χ0n) is 22.0. The quantitative estimate of drug-likeness (QED) is 0.291. The summed E-state index contributed by atoms with van der Waals surface area (Å²) in [5.41, 5.74) is 4.91. The van der Waals surface area contributed by atoms with Crippen LogP contribution in [0, 0.1) is 11.8 Å². The number of amides is 1. The van der Waals surface area contributed by atoms with Crippen LogP contribution in [0.4, 0.5) is 4.79 Å². The molecule has 8 nitrogen and oxygen atoms in total. The van der Waals surface area contributed by atoms with E-state index in [1.54, 1.807) is 4.90 Å². The second-order valence-electron chi connectivity index (χ2n) is 11.2. The number of aromatic amines is 2. The Bertz CT molecular complexity index is 1570. The molecule has 2 aliphatic heterocycles. The molecule has 2 fully saturated rings. The van der Waals surface area contributed by atoms with Gasteiger partial charge in [-0.1, -0.05) is 11.8 Å². The largest absolute Gasteiger partial charge is 0.444 e. The van der Waals surface area contributed by atoms with Gasteiger partial charge in [-0.15, -0.1) is 0 Å². The monoisotopic (exact) mass is 506 g/mol. The van der Waals surface area contributed by atoms with E-state index in [4.69, 9.17) is 22.7 Å². The number of hydrogen-bond donors (Lipinski definition) is 2. The Kier molecular flexibility index (Phi) is 6.15. The van der Waals surface area contributed by atoms with E-state index >= 15 is 0 Å². The minimum absolute atomic E-state index is 0.117. The smallest absolute Gasteiger partial charge is 0.410 e. The molecule has 6 rings (SSSR count). The van der Waals surface area contributed by atoms with Crippen LogP contribution in [-0.4, -0.2) is 62.4 Å². The van der Waals surface area contributed by atoms with Crippen LogP contribution in [0.15, 0.2) is 36.4 Å². The number of benzene rings is 2. The summed E-state index contributed by atoms with van der Waals surface area (Å²) in [5.74, 6) is 8.25. The van der Waals surface area contributed by atoms with Crippen molar-refractivity contribution in [2.24, 2.45) is 0 Å². The number of nitrogens with one attached hydrogen (secondary N) is 2. The first-order valence-electron chi connectivity index (χ1n) is 13.3. The summed E-state index contributed by atoms with van der Waals surface area (Å²) in [6, 6.07) is 12.0. The molecule has 2 saturated heterocycles. The van der Waals surface area contributed by atoms with Gasteiger partial charge >= 0.3 is 6.09 Å². The third-order valence-corrected chi connectivity index (χ3v) is 7.16. The van der Waals surface area contributed by atoms with Gasteiger partial charge < -0.3 is 19.5 Å². The number of rotatable bonds is 2. The first kappa shape index (κ1) is 24.6. The summed E-state index contributed by atoms with van der Waals surface area (Å²) in [4.78, 5) is 32.7. The zero-order valence-corrected chi connectivity index (χ0v) is 22.0. The maximum Gasteiger partial charge on any atom is 0.410 e. The first-order chi connectivity index (χ1) is 18.2. The molecule has 2 aromatic carbocycles. The van der Waals surface area contributed by atoms with Crippen molar-refractivity contribution in [1.82, 2.24) is 29.6 Å². The molecule has 4 aromatic rings. The molecular formula is C29H31BN6O2. The Morgan fingerprint density at radius 1 is 0.921 bits per heavy atom. The van der Waals surface area contributed by atoms with Crippen LogP contribution in [0.25, 0.3) is 22.1 Å². The van der Waals surface area contributed by atoms with Gasteiger partial charge in [-0.05, 0) is 89.4 Å². The molecule has 0 bridgehead atoms. The van der Waals surface area contributed by atoms with Crippen molar-refractivity contribution in [2.45, 2.75) is 64.1 Å². The normalized spacial score (nSPS) is 20.2. The molecule has 2 radical (unpaired) electrons. The van der Waals surface area contributed by atoms with Crippen molar-refractivity contribution in [2.75, 3.05) is 13.1 Å². The van der Waals surface area contributed by atoms with E-state index in [9.17, 15) is 4.79 Å². The third-order valence-electron chi connectivity index (χ3n) is 7.16. The molecule has 2 N–H and O–H groups in total. The number of imidazole rings is 2. The second-order valence-corrected chi connectivity index (χ2v) is 11.2. The lowest BCUT2D eigenvalue weighted by Crippen LogP contribution is -2.36. The van der Waals surface area contributed by atoms with Gasteiger partial charge in [-0.3, -0.25) is 4.90 Å². The third kappa shape index (κ3) is 4.89.